The van der Waals surface area contributed by atoms with Gasteiger partial charge in [0, 0.05) is 168 Å². The smallest absolute Gasteiger partial charge is 0.490 e. The van der Waals surface area contributed by atoms with Crippen molar-refractivity contribution in [3.05, 3.63) is 249 Å². The molecule has 14 aromatic rings. The van der Waals surface area contributed by atoms with Crippen molar-refractivity contribution in [2.45, 2.75) is 261 Å². The number of hydrogen-bond donors (Lipinski definition) is 2. The summed E-state index contributed by atoms with van der Waals surface area (Å²) in [4.78, 5) is 75.2. The van der Waals surface area contributed by atoms with Gasteiger partial charge in [-0.15, -0.1) is 12.4 Å². The number of halogens is 3. The molecule has 3 aliphatic heterocycles. The number of esters is 4. The third kappa shape index (κ3) is 25.7. The molecule has 143 heavy (non-hydrogen) atoms. The summed E-state index contributed by atoms with van der Waals surface area (Å²) in [5.41, 5.74) is 19.7. The van der Waals surface area contributed by atoms with Crippen molar-refractivity contribution < 1.29 is 90.8 Å². The zero-order valence-electron chi connectivity index (χ0n) is 84.2. The normalized spacial score (nSPS) is 13.3. The van der Waals surface area contributed by atoms with E-state index in [1.807, 2.05) is 210 Å². The Morgan fingerprint density at radius 3 is 1.14 bits per heavy atom. The number of fused-ring (bicyclic) bond motifs is 4. The Balaban J connectivity index is 0.000000203. The zero-order chi connectivity index (χ0) is 101. The Bertz CT molecular complexity index is 7030. The van der Waals surface area contributed by atoms with Gasteiger partial charge in [0.2, 0.25) is 11.0 Å². The molecule has 3 aliphatic rings. The molecule has 10 heterocycles. The number of nitrogens with zero attached hydrogens (tertiary/aromatic N) is 7. The van der Waals surface area contributed by atoms with Crippen molar-refractivity contribution in [1.82, 2.24) is 24.9 Å². The van der Waals surface area contributed by atoms with Gasteiger partial charge >= 0.3 is 31.0 Å². The van der Waals surface area contributed by atoms with Gasteiger partial charge in [-0.3, -0.25) is 24.9 Å². The minimum absolute atomic E-state index is 0. The standard InChI is InChI=1S/C31H34N2O4.C30H32N2O5.C19H24BrNO4.C19H24BrNO3.C11H10BNO3.3CH4.ClH/c1-7-20-9-10-21-23(33-20)17-18(3)25(29(30(34)35-8-2)37-31(4,5)6)27(21)22-11-12-24-26-19(14-16-36-24)13-15-32-28(22)26;1-7-35-29(33)28(37-30(4,5)6)24-17(2)16-22-20(9-8-18(3)32(22)34)26(24)21-10-11-23-25-19(13-15-36-23)12-14-31-27(21)25;1-7-24-18(22)17(25-19(4,5)6)15-11(2)10-14-13(16(15)20)9-8-12(3)21(14)23;1-7-23-18(22)17(24-19(4,5)6)15-11(2)10-14-13(16(15)20)9-8-12(3)21-14;14-12(15)8-1-2-9-10-7(4-6-16-9)3-5-13-11(8)10;;;;/h9-13,15,17,29H,7-8,14,16H2,1-6H3;8-12,14,16,28H,7,13,15H2,1-6H3;8-10,17H,7H2,1-6H3;8-10,17H,7H2,1-6H3;1-3,5,14-15H,4,6H2;3*1H4;1H/t29-;28-;2*17-;;;;;/m0000...../s1. The molecule has 17 rings (SSSR count). The highest BCUT2D eigenvalue weighted by Crippen LogP contribution is 2.50. The molecule has 0 amide bonds. The van der Waals surface area contributed by atoms with Crippen LogP contribution in [0.3, 0.4) is 0 Å². The number of ether oxygens (including phenoxy) is 11. The molecular formula is C113H137BBr2ClN7O19. The molecule has 0 unspecified atom stereocenters. The Hall–Kier alpha value is -11.6. The van der Waals surface area contributed by atoms with Crippen molar-refractivity contribution in [2.24, 2.45) is 0 Å². The number of pyridine rings is 7. The molecule has 0 radical (unpaired) electrons. The van der Waals surface area contributed by atoms with Gasteiger partial charge < -0.3 is 72.6 Å². The van der Waals surface area contributed by atoms with Gasteiger partial charge in [0.25, 0.3) is 0 Å². The van der Waals surface area contributed by atoms with Gasteiger partial charge in [-0.05, 0) is 319 Å². The number of carbonyl (C=O) groups is 4. The lowest BCUT2D eigenvalue weighted by Crippen LogP contribution is -2.32. The Morgan fingerprint density at radius 1 is 0.413 bits per heavy atom. The minimum atomic E-state index is -1.50. The Morgan fingerprint density at radius 2 is 0.741 bits per heavy atom. The first-order chi connectivity index (χ1) is 65.8. The summed E-state index contributed by atoms with van der Waals surface area (Å²) in [6.45, 7) is 48.5. The average molecular weight is 2100 g/mol. The maximum atomic E-state index is 13.4. The van der Waals surface area contributed by atoms with Gasteiger partial charge in [-0.1, -0.05) is 41.3 Å². The van der Waals surface area contributed by atoms with Gasteiger partial charge in [0.1, 0.15) is 17.2 Å². The summed E-state index contributed by atoms with van der Waals surface area (Å²) in [6.07, 6.45) is 5.07. The second kappa shape index (κ2) is 47.9. The first-order valence-electron chi connectivity index (χ1n) is 47.1. The summed E-state index contributed by atoms with van der Waals surface area (Å²) in [7, 11) is -1.50. The van der Waals surface area contributed by atoms with Crippen LogP contribution in [0.25, 0.3) is 98.6 Å². The number of carbonyl (C=O) groups excluding carboxylic acids is 4. The lowest BCUT2D eigenvalue weighted by Gasteiger charge is -2.30. The van der Waals surface area contributed by atoms with Gasteiger partial charge in [-0.2, -0.15) is 9.46 Å². The van der Waals surface area contributed by atoms with Crippen molar-refractivity contribution in [1.29, 1.82) is 0 Å². The van der Waals surface area contributed by atoms with Crippen LogP contribution < -0.4 is 29.1 Å². The van der Waals surface area contributed by atoms with Gasteiger partial charge in [-0.25, -0.2) is 19.2 Å². The van der Waals surface area contributed by atoms with E-state index in [2.05, 4.69) is 67.0 Å². The van der Waals surface area contributed by atoms with E-state index in [0.717, 1.165) is 189 Å². The van der Waals surface area contributed by atoms with E-state index in [0.29, 0.717) is 80.8 Å². The van der Waals surface area contributed by atoms with Crippen LogP contribution in [0, 0.1) is 58.9 Å². The highest BCUT2D eigenvalue weighted by atomic mass is 79.9. The number of benzene rings is 7. The van der Waals surface area contributed by atoms with Crippen LogP contribution in [-0.2, 0) is 82.8 Å². The molecule has 0 bridgehead atoms. The fourth-order valence-electron chi connectivity index (χ4n) is 17.8. The van der Waals surface area contributed by atoms with Gasteiger partial charge in [0.05, 0.1) is 107 Å². The van der Waals surface area contributed by atoms with Crippen LogP contribution in [0.4, 0.5) is 0 Å². The lowest BCUT2D eigenvalue weighted by molar-refractivity contribution is -0.584. The van der Waals surface area contributed by atoms with Crippen LogP contribution in [-0.4, -0.2) is 135 Å². The molecule has 0 saturated heterocycles. The molecule has 0 saturated carbocycles. The number of rotatable bonds is 20. The second-order valence-corrected chi connectivity index (χ2v) is 40.1. The van der Waals surface area contributed by atoms with Crippen LogP contribution in [0.2, 0.25) is 0 Å². The predicted molar refractivity (Wildman–Crippen MR) is 576 cm³/mol. The third-order valence-corrected chi connectivity index (χ3v) is 25.4. The number of aromatic nitrogens is 7. The topological polar surface area (TPSA) is 329 Å². The first-order valence-corrected chi connectivity index (χ1v) is 48.7. The lowest BCUT2D eigenvalue weighted by atomic mass is 9.78. The third-order valence-electron chi connectivity index (χ3n) is 23.6. The summed E-state index contributed by atoms with van der Waals surface area (Å²) in [6, 6.07) is 40.5. The molecule has 0 spiro atoms. The summed E-state index contributed by atoms with van der Waals surface area (Å²) in [5, 5.41) is 50.3. The Kier molecular flexibility index (Phi) is 38.5. The van der Waals surface area contributed by atoms with E-state index in [1.54, 1.807) is 77.3 Å². The van der Waals surface area contributed by atoms with Crippen LogP contribution in [0.1, 0.15) is 248 Å². The Labute approximate surface area is 863 Å². The molecular weight excluding hydrogens is 1970 g/mol. The summed E-state index contributed by atoms with van der Waals surface area (Å²) in [5.74, 6) is 0.702. The highest BCUT2D eigenvalue weighted by Gasteiger charge is 2.40. The SMILES string of the molecule is C.C.C.CCOC(=O)[C@@H](OC(C)(C)C)c1c(C)cc2c(ccc(C)[n+]2[O-])c1-c1ccc2c3c(ccnc13)CCO2.CCOC(=O)[C@@H](OC(C)(C)C)c1c(C)cc2c(ccc(C)[n+]2[O-])c1Br.CCOC(=O)[C@@H](OC(C)(C)C)c1c(C)cc2nc(C)ccc2c1Br.CCOC(=O)[C@@H](OC(C)(C)C)c1c(C)cc2nc(CC)ccc2c1-c1ccc2c3c(ccnc13)CCO2.Cl.OB(O)c1ccc2c3c(ccnc13)CCO2. The quantitative estimate of drug-likeness (QED) is 0.0235. The molecule has 0 aliphatic carbocycles. The number of hydrogen-bond acceptors (Lipinski definition) is 24. The van der Waals surface area contributed by atoms with Crippen molar-refractivity contribution in [2.75, 3.05) is 46.2 Å². The maximum Gasteiger partial charge on any atom is 0.490 e. The zero-order valence-corrected chi connectivity index (χ0v) is 88.1. The fourth-order valence-corrected chi connectivity index (χ4v) is 19.5. The van der Waals surface area contributed by atoms with Gasteiger partial charge in [0.15, 0.2) is 35.8 Å². The van der Waals surface area contributed by atoms with Crippen molar-refractivity contribution in [3.8, 4) is 39.5 Å². The van der Waals surface area contributed by atoms with Crippen LogP contribution in [0.5, 0.6) is 17.2 Å². The molecule has 26 nitrogen and oxygen atoms in total. The fraction of sp³-hybridized carbons (Fsp3) is 0.407. The van der Waals surface area contributed by atoms with E-state index in [9.17, 15) is 39.6 Å². The van der Waals surface area contributed by atoms with E-state index in [-0.39, 0.29) is 60.5 Å². The monoisotopic (exact) mass is 2100 g/mol. The molecule has 762 valence electrons. The molecule has 7 aromatic heterocycles. The predicted octanol–water partition coefficient (Wildman–Crippen LogP) is 23.8. The highest BCUT2D eigenvalue weighted by molar-refractivity contribution is 9.11. The molecule has 4 atom stereocenters. The first kappa shape index (κ1) is 115. The molecule has 0 fully saturated rings. The second-order valence-electron chi connectivity index (χ2n) is 38.5. The van der Waals surface area contributed by atoms with Crippen LogP contribution in [0.15, 0.2) is 155 Å². The summed E-state index contributed by atoms with van der Waals surface area (Å²) < 4.78 is 67.1. The van der Waals surface area contributed by atoms with Crippen molar-refractivity contribution in [3.63, 3.8) is 0 Å². The van der Waals surface area contributed by atoms with Crippen LogP contribution >= 0.6 is 44.3 Å². The van der Waals surface area contributed by atoms with E-state index in [1.165, 1.54) is 5.56 Å². The van der Waals surface area contributed by atoms with E-state index in [4.69, 9.17) is 67.1 Å². The van der Waals surface area contributed by atoms with E-state index >= 15 is 0 Å². The average Bonchev–Trinajstić information content (AvgIpc) is 0.731. The molecule has 2 N–H and O–H groups in total. The molecule has 30 heteroatoms. The maximum absolute atomic E-state index is 13.4. The van der Waals surface area contributed by atoms with E-state index < -0.39 is 71.8 Å². The minimum Gasteiger partial charge on any atom is -0.618 e. The number of aryl methyl sites for hydroxylation is 8. The van der Waals surface area contributed by atoms with Crippen molar-refractivity contribution >= 4 is 157 Å². The molecule has 7 aromatic carbocycles. The largest absolute Gasteiger partial charge is 0.618 e. The summed E-state index contributed by atoms with van der Waals surface area (Å²) >= 11 is 7.24.